The van der Waals surface area contributed by atoms with Gasteiger partial charge in [0.2, 0.25) is 11.8 Å². The van der Waals surface area contributed by atoms with Crippen LogP contribution in [-0.2, 0) is 16.1 Å². The lowest BCUT2D eigenvalue weighted by atomic mass is 9.95. The van der Waals surface area contributed by atoms with Crippen LogP contribution in [0.2, 0.25) is 0 Å². The molecule has 0 aliphatic carbocycles. The van der Waals surface area contributed by atoms with Crippen molar-refractivity contribution < 1.29 is 9.59 Å². The van der Waals surface area contributed by atoms with Crippen molar-refractivity contribution in [3.63, 3.8) is 0 Å². The van der Waals surface area contributed by atoms with E-state index >= 15 is 0 Å². The van der Waals surface area contributed by atoms with E-state index in [1.54, 1.807) is 4.90 Å². The number of imidazole rings is 1. The van der Waals surface area contributed by atoms with Crippen LogP contribution in [0, 0.1) is 25.7 Å². The second kappa shape index (κ2) is 8.93. The molecular weight excluding hydrogens is 480 g/mol. The summed E-state index contributed by atoms with van der Waals surface area (Å²) < 4.78 is 3.19. The average Bonchev–Trinajstić information content (AvgIpc) is 3.37. The van der Waals surface area contributed by atoms with Crippen LogP contribution in [-0.4, -0.2) is 45.9 Å². The number of aromatic nitrogens is 2. The Kier molecular flexibility index (Phi) is 5.99. The van der Waals surface area contributed by atoms with E-state index in [-0.39, 0.29) is 17.7 Å². The SMILES string of the molecule is Cc1cc2ncn(CC3CCN(C(=O)C4CC(=O)N(c5cccc(Br)c5)C4)CC3)c2cc1C. The number of hydrogen-bond acceptors (Lipinski definition) is 3. The highest BCUT2D eigenvalue weighted by atomic mass is 79.9. The Morgan fingerprint density at radius 1 is 1.12 bits per heavy atom. The summed E-state index contributed by atoms with van der Waals surface area (Å²) in [5.74, 6) is 0.422. The summed E-state index contributed by atoms with van der Waals surface area (Å²) in [6.07, 6.45) is 4.20. The molecule has 2 aliphatic rings. The Morgan fingerprint density at radius 2 is 1.88 bits per heavy atom. The van der Waals surface area contributed by atoms with E-state index in [1.807, 2.05) is 35.5 Å². The van der Waals surface area contributed by atoms with Gasteiger partial charge in [0.15, 0.2) is 0 Å². The van der Waals surface area contributed by atoms with Gasteiger partial charge in [-0.15, -0.1) is 0 Å². The van der Waals surface area contributed by atoms with Crippen LogP contribution in [0.4, 0.5) is 5.69 Å². The molecule has 1 atom stereocenters. The summed E-state index contributed by atoms with van der Waals surface area (Å²) in [7, 11) is 0. The maximum atomic E-state index is 13.2. The van der Waals surface area contributed by atoms with Crippen molar-refractivity contribution >= 4 is 44.5 Å². The third kappa shape index (κ3) is 4.43. The zero-order valence-corrected chi connectivity index (χ0v) is 20.7. The largest absolute Gasteiger partial charge is 0.342 e. The van der Waals surface area contributed by atoms with Crippen LogP contribution in [0.1, 0.15) is 30.4 Å². The van der Waals surface area contributed by atoms with Gasteiger partial charge in [0.25, 0.3) is 0 Å². The number of carbonyl (C=O) groups is 2. The predicted octanol–water partition coefficient (Wildman–Crippen LogP) is 4.71. The van der Waals surface area contributed by atoms with Gasteiger partial charge in [-0.1, -0.05) is 22.0 Å². The molecule has 6 nitrogen and oxygen atoms in total. The molecule has 2 saturated heterocycles. The maximum Gasteiger partial charge on any atom is 0.228 e. The highest BCUT2D eigenvalue weighted by molar-refractivity contribution is 9.10. The smallest absolute Gasteiger partial charge is 0.228 e. The number of aryl methyl sites for hydroxylation is 2. The third-order valence-electron chi connectivity index (χ3n) is 7.21. The van der Waals surface area contributed by atoms with Crippen molar-refractivity contribution in [1.29, 1.82) is 0 Å². The van der Waals surface area contributed by atoms with Crippen molar-refractivity contribution in [2.75, 3.05) is 24.5 Å². The molecular formula is C26H29BrN4O2. The van der Waals surface area contributed by atoms with Gasteiger partial charge in [0.1, 0.15) is 0 Å². The van der Waals surface area contributed by atoms with Crippen LogP contribution < -0.4 is 4.90 Å². The average molecular weight is 509 g/mol. The lowest BCUT2D eigenvalue weighted by molar-refractivity contribution is -0.137. The van der Waals surface area contributed by atoms with Gasteiger partial charge < -0.3 is 14.4 Å². The highest BCUT2D eigenvalue weighted by Gasteiger charge is 2.38. The number of likely N-dealkylation sites (tertiary alicyclic amines) is 1. The molecule has 0 saturated carbocycles. The third-order valence-corrected chi connectivity index (χ3v) is 7.71. The van der Waals surface area contributed by atoms with Gasteiger partial charge in [-0.2, -0.15) is 0 Å². The number of hydrogen-bond donors (Lipinski definition) is 0. The fourth-order valence-corrected chi connectivity index (χ4v) is 5.48. The number of fused-ring (bicyclic) bond motifs is 1. The lowest BCUT2D eigenvalue weighted by Gasteiger charge is -2.33. The Morgan fingerprint density at radius 3 is 2.64 bits per heavy atom. The number of anilines is 1. The van der Waals surface area contributed by atoms with Gasteiger partial charge in [-0.05, 0) is 74.1 Å². The first-order valence-corrected chi connectivity index (χ1v) is 12.4. The van der Waals surface area contributed by atoms with E-state index in [1.165, 1.54) is 16.6 Å². The van der Waals surface area contributed by atoms with Crippen molar-refractivity contribution in [2.24, 2.45) is 11.8 Å². The molecule has 2 amide bonds. The highest BCUT2D eigenvalue weighted by Crippen LogP contribution is 2.30. The number of piperidine rings is 1. The van der Waals surface area contributed by atoms with Crippen molar-refractivity contribution in [1.82, 2.24) is 14.5 Å². The van der Waals surface area contributed by atoms with Crippen LogP contribution >= 0.6 is 15.9 Å². The summed E-state index contributed by atoms with van der Waals surface area (Å²) in [5, 5.41) is 0. The number of nitrogens with zero attached hydrogens (tertiary/aromatic N) is 4. The summed E-state index contributed by atoms with van der Waals surface area (Å²) in [6, 6.07) is 12.1. The molecule has 33 heavy (non-hydrogen) atoms. The van der Waals surface area contributed by atoms with Gasteiger partial charge in [0.05, 0.1) is 23.3 Å². The number of carbonyl (C=O) groups excluding carboxylic acids is 2. The molecule has 2 fully saturated rings. The second-order valence-corrected chi connectivity index (χ2v) is 10.4. The minimum atomic E-state index is -0.253. The van der Waals surface area contributed by atoms with E-state index in [2.05, 4.69) is 51.5 Å². The molecule has 0 spiro atoms. The maximum absolute atomic E-state index is 13.2. The Labute approximate surface area is 202 Å². The molecule has 3 heterocycles. The molecule has 3 aromatic rings. The molecule has 0 bridgehead atoms. The van der Waals surface area contributed by atoms with Crippen molar-refractivity contribution in [3.8, 4) is 0 Å². The van der Waals surface area contributed by atoms with Gasteiger partial charge in [-0.25, -0.2) is 4.98 Å². The van der Waals surface area contributed by atoms with E-state index in [0.717, 1.165) is 48.2 Å². The number of amides is 2. The van der Waals surface area contributed by atoms with Gasteiger partial charge >= 0.3 is 0 Å². The number of rotatable bonds is 4. The zero-order valence-electron chi connectivity index (χ0n) is 19.1. The monoisotopic (exact) mass is 508 g/mol. The van der Waals surface area contributed by atoms with E-state index in [0.29, 0.717) is 18.9 Å². The summed E-state index contributed by atoms with van der Waals surface area (Å²) >= 11 is 3.46. The first-order chi connectivity index (χ1) is 15.9. The number of benzene rings is 2. The molecule has 2 aromatic carbocycles. The van der Waals surface area contributed by atoms with Crippen molar-refractivity contribution in [3.05, 3.63) is 58.3 Å². The van der Waals surface area contributed by atoms with Crippen molar-refractivity contribution in [2.45, 2.75) is 39.7 Å². The quantitative estimate of drug-likeness (QED) is 0.512. The summed E-state index contributed by atoms with van der Waals surface area (Å²) in [5.41, 5.74) is 5.64. The molecule has 7 heteroatoms. The predicted molar refractivity (Wildman–Crippen MR) is 133 cm³/mol. The Balaban J connectivity index is 1.19. The van der Waals surface area contributed by atoms with E-state index in [9.17, 15) is 9.59 Å². The fraction of sp³-hybridized carbons (Fsp3) is 0.423. The summed E-state index contributed by atoms with van der Waals surface area (Å²) in [6.45, 7) is 7.18. The molecule has 1 unspecified atom stereocenters. The van der Waals surface area contributed by atoms with Crippen LogP contribution in [0.3, 0.4) is 0 Å². The molecule has 5 rings (SSSR count). The molecule has 1 aromatic heterocycles. The minimum absolute atomic E-state index is 0.0267. The molecule has 2 aliphatic heterocycles. The van der Waals surface area contributed by atoms with Crippen LogP contribution in [0.25, 0.3) is 11.0 Å². The zero-order chi connectivity index (χ0) is 23.1. The Hall–Kier alpha value is -2.67. The van der Waals surface area contributed by atoms with E-state index in [4.69, 9.17) is 0 Å². The number of halogens is 1. The minimum Gasteiger partial charge on any atom is -0.342 e. The normalized spacial score (nSPS) is 19.6. The first-order valence-electron chi connectivity index (χ1n) is 11.7. The fourth-order valence-electron chi connectivity index (χ4n) is 5.10. The lowest BCUT2D eigenvalue weighted by Crippen LogP contribution is -2.43. The van der Waals surface area contributed by atoms with Gasteiger partial charge in [-0.3, -0.25) is 9.59 Å². The molecule has 0 radical (unpaired) electrons. The van der Waals surface area contributed by atoms with Crippen LogP contribution in [0.5, 0.6) is 0 Å². The molecule has 172 valence electrons. The second-order valence-electron chi connectivity index (χ2n) is 9.48. The van der Waals surface area contributed by atoms with Gasteiger partial charge in [0, 0.05) is 42.8 Å². The standard InChI is InChI=1S/C26H29BrN4O2/c1-17-10-23-24(11-18(17)2)30(16-28-23)14-19-6-8-29(9-7-19)26(33)20-12-25(32)31(15-20)22-5-3-4-21(27)13-22/h3-5,10-11,13,16,19-20H,6-9,12,14-15H2,1-2H3. The topological polar surface area (TPSA) is 58.4 Å². The summed E-state index contributed by atoms with van der Waals surface area (Å²) in [4.78, 5) is 34.1. The molecule has 0 N–H and O–H groups in total. The Bertz CT molecular complexity index is 1210. The van der Waals surface area contributed by atoms with Crippen LogP contribution in [0.15, 0.2) is 47.2 Å². The van der Waals surface area contributed by atoms with E-state index < -0.39 is 0 Å². The first kappa shape index (κ1) is 22.1.